The molecule has 0 aromatic heterocycles. The van der Waals surface area contributed by atoms with Gasteiger partial charge >= 0.3 is 5.97 Å². The van der Waals surface area contributed by atoms with Crippen LogP contribution in [0.2, 0.25) is 0 Å². The number of rotatable bonds is 3. The van der Waals surface area contributed by atoms with Gasteiger partial charge in [-0.05, 0) is 48.9 Å². The van der Waals surface area contributed by atoms with Crippen LogP contribution in [0.4, 0.5) is 5.69 Å². The largest absolute Gasteiger partial charge is 0.423 e. The van der Waals surface area contributed by atoms with Crippen LogP contribution in [0, 0.1) is 11.3 Å². The van der Waals surface area contributed by atoms with E-state index < -0.39 is 5.97 Å². The minimum absolute atomic E-state index is 0.114. The highest BCUT2D eigenvalue weighted by molar-refractivity contribution is 5.95. The highest BCUT2D eigenvalue weighted by Gasteiger charge is 2.21. The van der Waals surface area contributed by atoms with E-state index >= 15 is 0 Å². The van der Waals surface area contributed by atoms with Crippen LogP contribution in [0.25, 0.3) is 0 Å². The van der Waals surface area contributed by atoms with Crippen molar-refractivity contribution in [3.63, 3.8) is 0 Å². The zero-order chi connectivity index (χ0) is 16.2. The van der Waals surface area contributed by atoms with Gasteiger partial charge in [0.2, 0.25) is 5.91 Å². The summed E-state index contributed by atoms with van der Waals surface area (Å²) in [6, 6.07) is 15.2. The molecule has 1 aliphatic rings. The molecule has 5 heteroatoms. The molecule has 114 valence electrons. The predicted molar refractivity (Wildman–Crippen MR) is 84.1 cm³/mol. The Kier molecular flexibility index (Phi) is 4.07. The van der Waals surface area contributed by atoms with Crippen molar-refractivity contribution in [2.45, 2.75) is 12.8 Å². The third-order valence-corrected chi connectivity index (χ3v) is 3.66. The van der Waals surface area contributed by atoms with Crippen LogP contribution in [0.5, 0.6) is 5.75 Å². The van der Waals surface area contributed by atoms with Gasteiger partial charge in [0.1, 0.15) is 5.75 Å². The van der Waals surface area contributed by atoms with E-state index in [0.717, 1.165) is 18.7 Å². The predicted octanol–water partition coefficient (Wildman–Crippen LogP) is 2.90. The van der Waals surface area contributed by atoms with Gasteiger partial charge in [0.05, 0.1) is 17.2 Å². The summed E-state index contributed by atoms with van der Waals surface area (Å²) in [5.41, 5.74) is 1.53. The van der Waals surface area contributed by atoms with Gasteiger partial charge in [0, 0.05) is 18.7 Å². The molecule has 0 radical (unpaired) electrons. The molecule has 0 N–H and O–H groups in total. The number of hydrogen-bond donors (Lipinski definition) is 0. The van der Waals surface area contributed by atoms with Crippen LogP contribution in [-0.4, -0.2) is 18.4 Å². The van der Waals surface area contributed by atoms with Crippen molar-refractivity contribution in [3.05, 3.63) is 59.7 Å². The van der Waals surface area contributed by atoms with E-state index in [-0.39, 0.29) is 5.91 Å². The summed E-state index contributed by atoms with van der Waals surface area (Å²) in [4.78, 5) is 25.5. The number of nitrogens with zero attached hydrogens (tertiary/aromatic N) is 2. The summed E-state index contributed by atoms with van der Waals surface area (Å²) in [6.45, 7) is 0.721. The lowest BCUT2D eigenvalue weighted by atomic mass is 10.1. The molecule has 1 amide bonds. The average molecular weight is 306 g/mol. The van der Waals surface area contributed by atoms with Crippen molar-refractivity contribution in [2.24, 2.45) is 0 Å². The first-order chi connectivity index (χ1) is 11.2. The van der Waals surface area contributed by atoms with E-state index in [0.29, 0.717) is 23.3 Å². The fourth-order valence-corrected chi connectivity index (χ4v) is 2.50. The van der Waals surface area contributed by atoms with Crippen molar-refractivity contribution in [3.8, 4) is 11.8 Å². The van der Waals surface area contributed by atoms with E-state index in [1.54, 1.807) is 47.4 Å². The number of carbonyl (C=O) groups excluding carboxylic acids is 2. The van der Waals surface area contributed by atoms with Crippen LogP contribution in [-0.2, 0) is 4.79 Å². The van der Waals surface area contributed by atoms with E-state index in [9.17, 15) is 9.59 Å². The molecule has 2 aromatic carbocycles. The first-order valence-corrected chi connectivity index (χ1v) is 7.30. The summed E-state index contributed by atoms with van der Waals surface area (Å²) in [5.74, 6) is -0.0112. The van der Waals surface area contributed by atoms with Crippen molar-refractivity contribution in [1.82, 2.24) is 0 Å². The highest BCUT2D eigenvalue weighted by Crippen LogP contribution is 2.24. The SMILES string of the molecule is N#Cc1cccc(C(=O)Oc2ccc(N3CCCC3=O)cc2)c1. The molecule has 0 saturated carbocycles. The van der Waals surface area contributed by atoms with E-state index in [4.69, 9.17) is 10.00 Å². The van der Waals surface area contributed by atoms with E-state index in [1.807, 2.05) is 6.07 Å². The van der Waals surface area contributed by atoms with Gasteiger partial charge in [-0.25, -0.2) is 4.79 Å². The van der Waals surface area contributed by atoms with Gasteiger partial charge in [0.15, 0.2) is 0 Å². The molecule has 0 bridgehead atoms. The Morgan fingerprint density at radius 3 is 2.61 bits per heavy atom. The number of carbonyl (C=O) groups is 2. The first kappa shape index (κ1) is 14.8. The zero-order valence-electron chi connectivity index (χ0n) is 12.4. The van der Waals surface area contributed by atoms with Crippen LogP contribution >= 0.6 is 0 Å². The minimum Gasteiger partial charge on any atom is -0.423 e. The molecule has 1 aliphatic heterocycles. The minimum atomic E-state index is -0.521. The van der Waals surface area contributed by atoms with Gasteiger partial charge in [-0.15, -0.1) is 0 Å². The number of anilines is 1. The third kappa shape index (κ3) is 3.22. The van der Waals surface area contributed by atoms with Crippen molar-refractivity contribution in [2.75, 3.05) is 11.4 Å². The molecule has 2 aromatic rings. The van der Waals surface area contributed by atoms with Gasteiger partial charge in [0.25, 0.3) is 0 Å². The fraction of sp³-hybridized carbons (Fsp3) is 0.167. The van der Waals surface area contributed by atoms with Crippen LogP contribution in [0.15, 0.2) is 48.5 Å². The Hall–Kier alpha value is -3.13. The summed E-state index contributed by atoms with van der Waals surface area (Å²) in [5, 5.41) is 8.86. The smallest absolute Gasteiger partial charge is 0.343 e. The molecule has 0 unspecified atom stereocenters. The molecule has 5 nitrogen and oxygen atoms in total. The first-order valence-electron chi connectivity index (χ1n) is 7.30. The Labute approximate surface area is 133 Å². The molecule has 1 fully saturated rings. The van der Waals surface area contributed by atoms with Crippen molar-refractivity contribution >= 4 is 17.6 Å². The second kappa shape index (κ2) is 6.32. The Morgan fingerprint density at radius 1 is 1.17 bits per heavy atom. The lowest BCUT2D eigenvalue weighted by Gasteiger charge is -2.15. The summed E-state index contributed by atoms with van der Waals surface area (Å²) in [6.07, 6.45) is 1.44. The fourth-order valence-electron chi connectivity index (χ4n) is 2.50. The molecular formula is C18H14N2O3. The number of nitriles is 1. The molecule has 3 rings (SSSR count). The average Bonchev–Trinajstić information content (AvgIpc) is 3.01. The van der Waals surface area contributed by atoms with Crippen LogP contribution in [0.3, 0.4) is 0 Å². The van der Waals surface area contributed by atoms with Crippen molar-refractivity contribution in [1.29, 1.82) is 5.26 Å². The number of ether oxygens (including phenoxy) is 1. The quantitative estimate of drug-likeness (QED) is 0.646. The summed E-state index contributed by atoms with van der Waals surface area (Å²) in [7, 11) is 0. The maximum atomic E-state index is 12.1. The molecule has 1 saturated heterocycles. The number of benzene rings is 2. The number of hydrogen-bond acceptors (Lipinski definition) is 4. The van der Waals surface area contributed by atoms with Gasteiger partial charge in [-0.1, -0.05) is 6.07 Å². The van der Waals surface area contributed by atoms with Gasteiger partial charge in [-0.2, -0.15) is 5.26 Å². The van der Waals surface area contributed by atoms with Gasteiger partial charge in [-0.3, -0.25) is 4.79 Å². The molecule has 0 atom stereocenters. The Morgan fingerprint density at radius 2 is 1.96 bits per heavy atom. The lowest BCUT2D eigenvalue weighted by Crippen LogP contribution is -2.23. The number of esters is 1. The van der Waals surface area contributed by atoms with Gasteiger partial charge < -0.3 is 9.64 Å². The second-order valence-corrected chi connectivity index (χ2v) is 5.22. The van der Waals surface area contributed by atoms with Crippen LogP contribution in [0.1, 0.15) is 28.8 Å². The zero-order valence-corrected chi connectivity index (χ0v) is 12.4. The molecule has 23 heavy (non-hydrogen) atoms. The Bertz CT molecular complexity index is 791. The molecule has 0 spiro atoms. The standard InChI is InChI=1S/C18H14N2O3/c19-12-13-3-1-4-14(11-13)18(22)23-16-8-6-15(7-9-16)20-10-2-5-17(20)21/h1,3-4,6-9,11H,2,5,10H2. The van der Waals surface area contributed by atoms with E-state index in [1.165, 1.54) is 6.07 Å². The van der Waals surface area contributed by atoms with E-state index in [2.05, 4.69) is 0 Å². The summed E-state index contributed by atoms with van der Waals surface area (Å²) < 4.78 is 5.29. The summed E-state index contributed by atoms with van der Waals surface area (Å²) >= 11 is 0. The Balaban J connectivity index is 1.71. The molecule has 1 heterocycles. The highest BCUT2D eigenvalue weighted by atomic mass is 16.5. The topological polar surface area (TPSA) is 70.4 Å². The number of amides is 1. The normalized spacial score (nSPS) is 13.7. The van der Waals surface area contributed by atoms with Crippen LogP contribution < -0.4 is 9.64 Å². The monoisotopic (exact) mass is 306 g/mol. The third-order valence-electron chi connectivity index (χ3n) is 3.66. The maximum Gasteiger partial charge on any atom is 0.343 e. The second-order valence-electron chi connectivity index (χ2n) is 5.22. The van der Waals surface area contributed by atoms with Crippen molar-refractivity contribution < 1.29 is 14.3 Å². The maximum absolute atomic E-state index is 12.1. The molecule has 0 aliphatic carbocycles. The molecular weight excluding hydrogens is 292 g/mol. The lowest BCUT2D eigenvalue weighted by molar-refractivity contribution is -0.117.